The number of urea groups is 1. The third-order valence-electron chi connectivity index (χ3n) is 6.27. The number of carbonyl (C=O) groups excluding carboxylic acids is 1. The molecule has 0 spiro atoms. The Labute approximate surface area is 169 Å². The maximum absolute atomic E-state index is 13.0. The number of amides is 2. The zero-order valence-electron chi connectivity index (χ0n) is 16.5. The summed E-state index contributed by atoms with van der Waals surface area (Å²) >= 11 is 0. The highest BCUT2D eigenvalue weighted by Gasteiger charge is 2.45. The molecule has 0 saturated carbocycles. The molecule has 2 aromatic rings. The minimum atomic E-state index is -1.00. The average Bonchev–Trinajstić information content (AvgIpc) is 2.70. The van der Waals surface area contributed by atoms with Gasteiger partial charge in [-0.25, -0.2) is 9.59 Å². The highest BCUT2D eigenvalue weighted by atomic mass is 16.4. The van der Waals surface area contributed by atoms with Crippen LogP contribution in [0.4, 0.5) is 10.5 Å². The molecule has 3 N–H and O–H groups in total. The van der Waals surface area contributed by atoms with Crippen molar-refractivity contribution in [1.29, 1.82) is 0 Å². The summed E-state index contributed by atoms with van der Waals surface area (Å²) in [5.74, 6) is -0.581. The fraction of sp³-hybridized carbons (Fsp3) is 0.364. The molecule has 2 aliphatic rings. The van der Waals surface area contributed by atoms with Crippen LogP contribution in [0.3, 0.4) is 0 Å². The number of fused-ring (bicyclic) bond motifs is 4. The van der Waals surface area contributed by atoms with Gasteiger partial charge in [0.2, 0.25) is 0 Å². The first-order valence-electron chi connectivity index (χ1n) is 9.74. The molecule has 1 fully saturated rings. The van der Waals surface area contributed by atoms with E-state index in [0.717, 1.165) is 24.9 Å². The van der Waals surface area contributed by atoms with E-state index >= 15 is 0 Å². The molecular formula is C22H25N3O4. The van der Waals surface area contributed by atoms with Crippen LogP contribution >= 0.6 is 0 Å². The third-order valence-corrected chi connectivity index (χ3v) is 6.27. The molecule has 3 unspecified atom stereocenters. The normalized spacial score (nSPS) is 23.2. The molecule has 7 heteroatoms. The van der Waals surface area contributed by atoms with Gasteiger partial charge in [0.1, 0.15) is 5.75 Å². The first-order valence-corrected chi connectivity index (χ1v) is 9.74. The van der Waals surface area contributed by atoms with E-state index in [1.54, 1.807) is 30.1 Å². The molecule has 7 nitrogen and oxygen atoms in total. The van der Waals surface area contributed by atoms with Crippen molar-refractivity contribution >= 4 is 17.7 Å². The topological polar surface area (TPSA) is 93.1 Å². The molecule has 1 saturated heterocycles. The lowest BCUT2D eigenvalue weighted by molar-refractivity contribution is 0.0628. The number of anilines is 1. The van der Waals surface area contributed by atoms with E-state index in [-0.39, 0.29) is 35.3 Å². The van der Waals surface area contributed by atoms with Gasteiger partial charge in [0.15, 0.2) is 0 Å². The molecule has 3 atom stereocenters. The van der Waals surface area contributed by atoms with Crippen LogP contribution in [-0.4, -0.2) is 64.7 Å². The van der Waals surface area contributed by atoms with Gasteiger partial charge in [-0.1, -0.05) is 6.07 Å². The fourth-order valence-corrected chi connectivity index (χ4v) is 4.73. The van der Waals surface area contributed by atoms with Gasteiger partial charge in [0.05, 0.1) is 11.6 Å². The van der Waals surface area contributed by atoms with Gasteiger partial charge in [-0.15, -0.1) is 0 Å². The highest BCUT2D eigenvalue weighted by Crippen LogP contribution is 2.43. The number of benzene rings is 2. The van der Waals surface area contributed by atoms with Gasteiger partial charge in [-0.3, -0.25) is 0 Å². The van der Waals surface area contributed by atoms with E-state index in [1.807, 2.05) is 12.1 Å². The molecule has 0 aromatic heterocycles. The Morgan fingerprint density at radius 3 is 2.59 bits per heavy atom. The summed E-state index contributed by atoms with van der Waals surface area (Å²) in [6.45, 7) is 0.951. The number of hydrogen-bond acceptors (Lipinski definition) is 4. The third kappa shape index (κ3) is 3.53. The van der Waals surface area contributed by atoms with Crippen LogP contribution in [-0.2, 0) is 6.42 Å². The van der Waals surface area contributed by atoms with E-state index in [9.17, 15) is 14.7 Å². The molecule has 0 radical (unpaired) electrons. The predicted molar refractivity (Wildman–Crippen MR) is 110 cm³/mol. The minimum absolute atomic E-state index is 0.0126. The van der Waals surface area contributed by atoms with Crippen LogP contribution in [0.2, 0.25) is 0 Å². The standard InChI is InChI=1S/C22H25N3O4/c1-24-10-9-17-18-12-16(26)8-5-14(18)11-19(24)20(17)25(2)22(29)23-15-6-3-13(4-7-15)21(27)28/h3-8,12,17,19-20,26H,9-11H2,1-2H3,(H,23,29)(H,27,28). The van der Waals surface area contributed by atoms with Crippen LogP contribution < -0.4 is 5.32 Å². The number of rotatable bonds is 3. The largest absolute Gasteiger partial charge is 0.508 e. The number of aromatic carboxylic acids is 1. The molecule has 29 heavy (non-hydrogen) atoms. The molecule has 152 valence electrons. The molecule has 4 rings (SSSR count). The van der Waals surface area contributed by atoms with Crippen LogP contribution in [0.1, 0.15) is 33.8 Å². The van der Waals surface area contributed by atoms with Crippen LogP contribution in [0.25, 0.3) is 0 Å². The van der Waals surface area contributed by atoms with Gasteiger partial charge in [0, 0.05) is 24.7 Å². The molecule has 1 aliphatic carbocycles. The van der Waals surface area contributed by atoms with Crippen LogP contribution in [0.5, 0.6) is 5.75 Å². The number of likely N-dealkylation sites (N-methyl/N-ethyl adjacent to an activating group) is 2. The molecule has 1 aliphatic heterocycles. The zero-order chi connectivity index (χ0) is 20.7. The number of aromatic hydroxyl groups is 1. The Balaban J connectivity index is 1.57. The first-order chi connectivity index (χ1) is 13.8. The smallest absolute Gasteiger partial charge is 0.335 e. The number of carboxylic acids is 1. The number of carbonyl (C=O) groups is 2. The predicted octanol–water partition coefficient (Wildman–Crippen LogP) is 2.97. The summed E-state index contributed by atoms with van der Waals surface area (Å²) in [5.41, 5.74) is 3.10. The maximum atomic E-state index is 13.0. The van der Waals surface area contributed by atoms with Crippen molar-refractivity contribution in [3.05, 3.63) is 59.2 Å². The van der Waals surface area contributed by atoms with Gasteiger partial charge in [0.25, 0.3) is 0 Å². The van der Waals surface area contributed by atoms with E-state index in [0.29, 0.717) is 5.69 Å². The molecular weight excluding hydrogens is 370 g/mol. The molecule has 2 amide bonds. The second kappa shape index (κ2) is 7.40. The Bertz CT molecular complexity index is 944. The lowest BCUT2D eigenvalue weighted by atomic mass is 9.71. The summed E-state index contributed by atoms with van der Waals surface area (Å²) in [4.78, 5) is 28.0. The Kier molecular flexibility index (Phi) is 4.92. The summed E-state index contributed by atoms with van der Waals surface area (Å²) in [7, 11) is 3.90. The van der Waals surface area contributed by atoms with Gasteiger partial charge in [-0.05, 0) is 74.0 Å². The van der Waals surface area contributed by atoms with Crippen molar-refractivity contribution < 1.29 is 19.8 Å². The van der Waals surface area contributed by atoms with Crippen LogP contribution in [0, 0.1) is 0 Å². The van der Waals surface area contributed by atoms with Gasteiger partial charge < -0.3 is 25.3 Å². The van der Waals surface area contributed by atoms with E-state index in [1.165, 1.54) is 17.7 Å². The number of hydrogen-bond donors (Lipinski definition) is 3. The summed E-state index contributed by atoms with van der Waals surface area (Å²) < 4.78 is 0. The van der Waals surface area contributed by atoms with Gasteiger partial charge in [-0.2, -0.15) is 0 Å². The number of carboxylic acid groups (broad SMARTS) is 1. The van der Waals surface area contributed by atoms with Crippen molar-refractivity contribution in [2.45, 2.75) is 30.8 Å². The average molecular weight is 395 g/mol. The van der Waals surface area contributed by atoms with Gasteiger partial charge >= 0.3 is 12.0 Å². The monoisotopic (exact) mass is 395 g/mol. The zero-order valence-corrected chi connectivity index (χ0v) is 16.5. The van der Waals surface area contributed by atoms with Crippen molar-refractivity contribution in [2.24, 2.45) is 0 Å². The van der Waals surface area contributed by atoms with Crippen molar-refractivity contribution in [3.63, 3.8) is 0 Å². The van der Waals surface area contributed by atoms with Crippen LogP contribution in [0.15, 0.2) is 42.5 Å². The first kappa shape index (κ1) is 19.3. The molecule has 2 bridgehead atoms. The SMILES string of the molecule is CN1CCC2c3cc(O)ccc3CC1C2N(C)C(=O)Nc1ccc(C(=O)O)cc1. The number of nitrogens with zero attached hydrogens (tertiary/aromatic N) is 2. The second-order valence-corrected chi connectivity index (χ2v) is 7.94. The van der Waals surface area contributed by atoms with E-state index < -0.39 is 5.97 Å². The Morgan fingerprint density at radius 1 is 1.17 bits per heavy atom. The quantitative estimate of drug-likeness (QED) is 0.743. The van der Waals surface area contributed by atoms with E-state index in [4.69, 9.17) is 5.11 Å². The van der Waals surface area contributed by atoms with Crippen molar-refractivity contribution in [1.82, 2.24) is 9.80 Å². The molecule has 2 aromatic carbocycles. The Morgan fingerprint density at radius 2 is 1.90 bits per heavy atom. The maximum Gasteiger partial charge on any atom is 0.335 e. The summed E-state index contributed by atoms with van der Waals surface area (Å²) in [6.07, 6.45) is 1.75. The van der Waals surface area contributed by atoms with Crippen molar-refractivity contribution in [2.75, 3.05) is 26.0 Å². The fourth-order valence-electron chi connectivity index (χ4n) is 4.73. The number of phenols is 1. The number of piperidine rings is 1. The minimum Gasteiger partial charge on any atom is -0.508 e. The highest BCUT2D eigenvalue weighted by molar-refractivity contribution is 5.91. The lowest BCUT2D eigenvalue weighted by Gasteiger charge is -2.51. The van der Waals surface area contributed by atoms with Crippen molar-refractivity contribution in [3.8, 4) is 5.75 Å². The summed E-state index contributed by atoms with van der Waals surface area (Å²) in [5, 5.41) is 21.9. The molecule has 1 heterocycles. The number of likely N-dealkylation sites (tertiary alicyclic amines) is 1. The summed E-state index contributed by atoms with van der Waals surface area (Å²) in [6, 6.07) is 11.7. The lowest BCUT2D eigenvalue weighted by Crippen LogP contribution is -2.61. The number of phenolic OH excluding ortho intramolecular Hbond substituents is 1. The second-order valence-electron chi connectivity index (χ2n) is 7.94. The van der Waals surface area contributed by atoms with E-state index in [2.05, 4.69) is 17.3 Å². The Hall–Kier alpha value is -3.06. The number of nitrogens with one attached hydrogen (secondary N) is 1.